The van der Waals surface area contributed by atoms with Crippen molar-refractivity contribution in [2.24, 2.45) is 5.10 Å². The van der Waals surface area contributed by atoms with E-state index in [0.29, 0.717) is 17.1 Å². The van der Waals surface area contributed by atoms with Crippen molar-refractivity contribution in [2.75, 3.05) is 18.1 Å². The van der Waals surface area contributed by atoms with E-state index in [4.69, 9.17) is 4.74 Å². The Balaban J connectivity index is 1.46. The summed E-state index contributed by atoms with van der Waals surface area (Å²) >= 11 is 1.51. The van der Waals surface area contributed by atoms with E-state index in [-0.39, 0.29) is 25.0 Å². The maximum atomic E-state index is 12.3. The summed E-state index contributed by atoms with van der Waals surface area (Å²) in [6, 6.07) is 14.9. The summed E-state index contributed by atoms with van der Waals surface area (Å²) in [4.78, 5) is 30.3. The zero-order valence-corrected chi connectivity index (χ0v) is 15.3. The quantitative estimate of drug-likeness (QED) is 0.557. The number of hydrazone groups is 1. The second kappa shape index (κ2) is 7.16. The molecule has 27 heavy (non-hydrogen) atoms. The van der Waals surface area contributed by atoms with Crippen LogP contribution in [0.2, 0.25) is 0 Å². The number of carbonyl (C=O) groups is 2. The number of hydrogen-bond acceptors (Lipinski definition) is 6. The summed E-state index contributed by atoms with van der Waals surface area (Å²) in [7, 11) is 0. The summed E-state index contributed by atoms with van der Waals surface area (Å²) in [6.07, 6.45) is 0. The van der Waals surface area contributed by atoms with Gasteiger partial charge in [-0.2, -0.15) is 5.10 Å². The molecule has 0 aliphatic carbocycles. The van der Waals surface area contributed by atoms with Gasteiger partial charge in [0.1, 0.15) is 17.3 Å². The number of anilines is 1. The van der Waals surface area contributed by atoms with Gasteiger partial charge in [0.25, 0.3) is 11.8 Å². The summed E-state index contributed by atoms with van der Waals surface area (Å²) in [6.45, 7) is 1.57. The number of carbonyl (C=O) groups excluding carboxylic acids is 2. The van der Waals surface area contributed by atoms with Crippen LogP contribution >= 0.6 is 11.3 Å². The Morgan fingerprint density at radius 3 is 2.89 bits per heavy atom. The van der Waals surface area contributed by atoms with Gasteiger partial charge in [-0.25, -0.2) is 10.4 Å². The number of para-hydroxylation sites is 3. The lowest BCUT2D eigenvalue weighted by Crippen LogP contribution is -2.44. The second-order valence-electron chi connectivity index (χ2n) is 5.96. The Morgan fingerprint density at radius 1 is 1.26 bits per heavy atom. The molecular formula is C19H16N4O3S. The monoisotopic (exact) mass is 380 g/mol. The van der Waals surface area contributed by atoms with Gasteiger partial charge >= 0.3 is 0 Å². The van der Waals surface area contributed by atoms with Crippen molar-refractivity contribution in [3.05, 3.63) is 53.5 Å². The molecule has 7 nitrogen and oxygen atoms in total. The first-order valence-corrected chi connectivity index (χ1v) is 9.15. The van der Waals surface area contributed by atoms with Crippen molar-refractivity contribution in [1.82, 2.24) is 10.4 Å². The number of rotatable bonds is 4. The molecule has 0 spiro atoms. The molecule has 4 rings (SSSR count). The lowest BCUT2D eigenvalue weighted by molar-refractivity contribution is -0.125. The number of aromatic nitrogens is 1. The molecular weight excluding hydrogens is 364 g/mol. The molecule has 0 fully saturated rings. The molecule has 0 saturated carbocycles. The zero-order valence-electron chi connectivity index (χ0n) is 14.5. The topological polar surface area (TPSA) is 83.9 Å². The molecule has 1 aliphatic heterocycles. The highest BCUT2D eigenvalue weighted by Crippen LogP contribution is 2.31. The molecule has 0 unspecified atom stereocenters. The molecule has 0 atom stereocenters. The molecule has 136 valence electrons. The third kappa shape index (κ3) is 3.52. The highest BCUT2D eigenvalue weighted by atomic mass is 32.1. The van der Waals surface area contributed by atoms with Crippen LogP contribution in [-0.2, 0) is 9.59 Å². The normalized spacial score (nSPS) is 14.0. The minimum atomic E-state index is -0.388. The van der Waals surface area contributed by atoms with Crippen molar-refractivity contribution >= 4 is 44.8 Å². The molecule has 0 bridgehead atoms. The van der Waals surface area contributed by atoms with Crippen LogP contribution in [0.3, 0.4) is 0 Å². The van der Waals surface area contributed by atoms with E-state index in [1.54, 1.807) is 25.1 Å². The van der Waals surface area contributed by atoms with E-state index >= 15 is 0 Å². The zero-order chi connectivity index (χ0) is 18.8. The fraction of sp³-hybridized carbons (Fsp3) is 0.158. The molecule has 0 saturated heterocycles. The van der Waals surface area contributed by atoms with Crippen LogP contribution in [0.1, 0.15) is 11.9 Å². The van der Waals surface area contributed by atoms with Gasteiger partial charge in [-0.1, -0.05) is 24.3 Å². The van der Waals surface area contributed by atoms with E-state index in [1.807, 2.05) is 30.3 Å². The highest BCUT2D eigenvalue weighted by Gasteiger charge is 2.26. The SMILES string of the molecule is C/C(=N/NC(=O)CN1C(=O)COc2ccccc21)c1nc2ccccc2s1. The van der Waals surface area contributed by atoms with Crippen molar-refractivity contribution in [3.63, 3.8) is 0 Å². The molecule has 1 aromatic heterocycles. The predicted molar refractivity (Wildman–Crippen MR) is 104 cm³/mol. The predicted octanol–water partition coefficient (Wildman–Crippen LogP) is 2.56. The first kappa shape index (κ1) is 17.2. The average molecular weight is 380 g/mol. The van der Waals surface area contributed by atoms with Crippen LogP contribution in [0.15, 0.2) is 53.6 Å². The fourth-order valence-electron chi connectivity index (χ4n) is 2.73. The fourth-order valence-corrected chi connectivity index (χ4v) is 3.64. The number of ether oxygens (including phenoxy) is 1. The van der Waals surface area contributed by atoms with Crippen molar-refractivity contribution in [1.29, 1.82) is 0 Å². The van der Waals surface area contributed by atoms with Gasteiger partial charge in [0.15, 0.2) is 6.61 Å². The Kier molecular flexibility index (Phi) is 4.55. The molecule has 1 N–H and O–H groups in total. The van der Waals surface area contributed by atoms with Gasteiger partial charge in [0.05, 0.1) is 21.6 Å². The van der Waals surface area contributed by atoms with Crippen LogP contribution in [0, 0.1) is 0 Å². The van der Waals surface area contributed by atoms with Crippen LogP contribution in [-0.4, -0.2) is 35.7 Å². The van der Waals surface area contributed by atoms with E-state index in [2.05, 4.69) is 15.5 Å². The van der Waals surface area contributed by atoms with E-state index < -0.39 is 0 Å². The van der Waals surface area contributed by atoms with Crippen molar-refractivity contribution in [2.45, 2.75) is 6.92 Å². The van der Waals surface area contributed by atoms with E-state index in [0.717, 1.165) is 15.2 Å². The van der Waals surface area contributed by atoms with Crippen molar-refractivity contribution < 1.29 is 14.3 Å². The number of nitrogens with one attached hydrogen (secondary N) is 1. The molecule has 8 heteroatoms. The number of benzene rings is 2. The molecule has 2 aromatic carbocycles. The minimum Gasteiger partial charge on any atom is -0.482 e. The largest absolute Gasteiger partial charge is 0.482 e. The van der Waals surface area contributed by atoms with Crippen LogP contribution in [0.5, 0.6) is 5.75 Å². The lowest BCUT2D eigenvalue weighted by Gasteiger charge is -2.28. The average Bonchev–Trinajstić information content (AvgIpc) is 3.13. The Labute approximate surface area is 159 Å². The summed E-state index contributed by atoms with van der Waals surface area (Å²) in [5.74, 6) is -0.0738. The smallest absolute Gasteiger partial charge is 0.265 e. The Hall–Kier alpha value is -3.26. The van der Waals surface area contributed by atoms with E-state index in [9.17, 15) is 9.59 Å². The van der Waals surface area contributed by atoms with Crippen LogP contribution < -0.4 is 15.1 Å². The highest BCUT2D eigenvalue weighted by molar-refractivity contribution is 7.20. The number of hydrogen-bond donors (Lipinski definition) is 1. The molecule has 1 aliphatic rings. The summed E-state index contributed by atoms with van der Waals surface area (Å²) in [5, 5.41) is 4.87. The van der Waals surface area contributed by atoms with Gasteiger partial charge in [-0.05, 0) is 31.2 Å². The van der Waals surface area contributed by atoms with Gasteiger partial charge in [0.2, 0.25) is 0 Å². The number of thiazole rings is 1. The van der Waals surface area contributed by atoms with Crippen LogP contribution in [0.25, 0.3) is 10.2 Å². The van der Waals surface area contributed by atoms with Gasteiger partial charge in [0, 0.05) is 0 Å². The molecule has 2 amide bonds. The lowest BCUT2D eigenvalue weighted by atomic mass is 10.2. The summed E-state index contributed by atoms with van der Waals surface area (Å²) < 4.78 is 6.43. The third-order valence-electron chi connectivity index (χ3n) is 4.06. The second-order valence-corrected chi connectivity index (χ2v) is 6.99. The number of nitrogens with zero attached hydrogens (tertiary/aromatic N) is 3. The molecule has 3 aromatic rings. The van der Waals surface area contributed by atoms with Gasteiger partial charge < -0.3 is 4.74 Å². The number of fused-ring (bicyclic) bond motifs is 2. The number of amides is 2. The first-order valence-electron chi connectivity index (χ1n) is 8.33. The van der Waals surface area contributed by atoms with Gasteiger partial charge in [-0.15, -0.1) is 11.3 Å². The maximum Gasteiger partial charge on any atom is 0.265 e. The Bertz CT molecular complexity index is 1030. The molecule has 0 radical (unpaired) electrons. The standard InChI is InChI=1S/C19H16N4O3S/c1-12(19-20-13-6-2-5-9-16(13)27-19)21-22-17(24)10-23-14-7-3-4-8-15(14)26-11-18(23)25/h2-9H,10-11H2,1H3,(H,22,24)/b21-12-. The van der Waals surface area contributed by atoms with Gasteiger partial charge in [-0.3, -0.25) is 14.5 Å². The van der Waals surface area contributed by atoms with Crippen LogP contribution in [0.4, 0.5) is 5.69 Å². The van der Waals surface area contributed by atoms with E-state index in [1.165, 1.54) is 16.2 Å². The third-order valence-corrected chi connectivity index (χ3v) is 5.21. The Morgan fingerprint density at radius 2 is 2.04 bits per heavy atom. The summed E-state index contributed by atoms with van der Waals surface area (Å²) in [5.41, 5.74) is 4.59. The van der Waals surface area contributed by atoms with Crippen molar-refractivity contribution in [3.8, 4) is 5.75 Å². The minimum absolute atomic E-state index is 0.0850. The maximum absolute atomic E-state index is 12.3. The first-order chi connectivity index (χ1) is 13.1. The molecule has 2 heterocycles.